The molecule has 138 valence electrons. The average molecular weight is 348 g/mol. The Hall–Kier alpha value is -2.12. The van der Waals surface area contributed by atoms with E-state index in [1.54, 1.807) is 14.1 Å². The van der Waals surface area contributed by atoms with Crippen molar-refractivity contribution in [2.75, 3.05) is 46.9 Å². The Labute approximate surface area is 149 Å². The SMILES string of the molecule is C[C@@H](CN1CCOCC1)NC(=O)N[C@@H](C(=O)N(C)C)c1ccccc1. The zero-order chi connectivity index (χ0) is 18.2. The summed E-state index contributed by atoms with van der Waals surface area (Å²) >= 11 is 0. The van der Waals surface area contributed by atoms with Crippen molar-refractivity contribution in [3.8, 4) is 0 Å². The van der Waals surface area contributed by atoms with Crippen molar-refractivity contribution in [1.29, 1.82) is 0 Å². The van der Waals surface area contributed by atoms with Gasteiger partial charge in [0, 0.05) is 39.8 Å². The smallest absolute Gasteiger partial charge is 0.315 e. The van der Waals surface area contributed by atoms with Gasteiger partial charge in [-0.15, -0.1) is 0 Å². The molecular formula is C18H28N4O3. The van der Waals surface area contributed by atoms with Crippen molar-refractivity contribution >= 4 is 11.9 Å². The number of carbonyl (C=O) groups excluding carboxylic acids is 2. The summed E-state index contributed by atoms with van der Waals surface area (Å²) in [7, 11) is 3.36. The molecule has 7 nitrogen and oxygen atoms in total. The number of likely N-dealkylation sites (N-methyl/N-ethyl adjacent to an activating group) is 1. The van der Waals surface area contributed by atoms with Crippen molar-refractivity contribution in [3.63, 3.8) is 0 Å². The molecule has 0 radical (unpaired) electrons. The number of carbonyl (C=O) groups is 2. The molecular weight excluding hydrogens is 320 g/mol. The van der Waals surface area contributed by atoms with Crippen molar-refractivity contribution in [2.45, 2.75) is 19.0 Å². The number of hydrogen-bond donors (Lipinski definition) is 2. The number of hydrogen-bond acceptors (Lipinski definition) is 4. The van der Waals surface area contributed by atoms with E-state index in [4.69, 9.17) is 4.74 Å². The second-order valence-corrected chi connectivity index (χ2v) is 6.51. The lowest BCUT2D eigenvalue weighted by molar-refractivity contribution is -0.130. The van der Waals surface area contributed by atoms with Gasteiger partial charge in [-0.2, -0.15) is 0 Å². The lowest BCUT2D eigenvalue weighted by Gasteiger charge is -2.30. The molecule has 0 aliphatic carbocycles. The quantitative estimate of drug-likeness (QED) is 0.799. The van der Waals surface area contributed by atoms with Gasteiger partial charge in [0.1, 0.15) is 6.04 Å². The zero-order valence-corrected chi connectivity index (χ0v) is 15.2. The highest BCUT2D eigenvalue weighted by Crippen LogP contribution is 2.14. The summed E-state index contributed by atoms with van der Waals surface area (Å²) in [6.07, 6.45) is 0. The van der Waals surface area contributed by atoms with Crippen molar-refractivity contribution in [3.05, 3.63) is 35.9 Å². The van der Waals surface area contributed by atoms with Crippen molar-refractivity contribution < 1.29 is 14.3 Å². The molecule has 2 N–H and O–H groups in total. The molecule has 1 aliphatic rings. The molecule has 3 amide bonds. The summed E-state index contributed by atoms with van der Waals surface area (Å²) < 4.78 is 5.33. The first kappa shape index (κ1) is 19.2. The molecule has 1 saturated heterocycles. The van der Waals surface area contributed by atoms with Crippen LogP contribution in [0.15, 0.2) is 30.3 Å². The molecule has 1 aromatic carbocycles. The van der Waals surface area contributed by atoms with E-state index < -0.39 is 6.04 Å². The maximum absolute atomic E-state index is 12.4. The van der Waals surface area contributed by atoms with Crippen molar-refractivity contribution in [2.24, 2.45) is 0 Å². The van der Waals surface area contributed by atoms with Gasteiger partial charge in [-0.3, -0.25) is 9.69 Å². The van der Waals surface area contributed by atoms with E-state index in [1.807, 2.05) is 37.3 Å². The first-order valence-corrected chi connectivity index (χ1v) is 8.60. The van der Waals surface area contributed by atoms with Crippen LogP contribution in [0.4, 0.5) is 4.79 Å². The Morgan fingerprint density at radius 3 is 2.40 bits per heavy atom. The Morgan fingerprint density at radius 1 is 1.16 bits per heavy atom. The molecule has 1 aromatic rings. The average Bonchev–Trinajstić information content (AvgIpc) is 2.60. The highest BCUT2D eigenvalue weighted by atomic mass is 16.5. The zero-order valence-electron chi connectivity index (χ0n) is 15.2. The topological polar surface area (TPSA) is 73.9 Å². The predicted octanol–water partition coefficient (Wildman–Crippen LogP) is 0.836. The van der Waals surface area contributed by atoms with Crippen LogP contribution in [0, 0.1) is 0 Å². The molecule has 0 aromatic heterocycles. The molecule has 25 heavy (non-hydrogen) atoms. The third-order valence-electron chi connectivity index (χ3n) is 4.11. The van der Waals surface area contributed by atoms with E-state index in [9.17, 15) is 9.59 Å². The summed E-state index contributed by atoms with van der Waals surface area (Å²) in [6.45, 7) is 5.92. The van der Waals surface area contributed by atoms with Crippen LogP contribution in [0.25, 0.3) is 0 Å². The standard InChI is InChI=1S/C18H28N4O3/c1-14(13-22-9-11-25-12-10-22)19-18(24)20-16(17(23)21(2)3)15-7-5-4-6-8-15/h4-8,14,16H,9-13H2,1-3H3,(H2,19,20,24)/t14-,16+/m0/s1. The number of morpholine rings is 1. The summed E-state index contributed by atoms with van der Waals surface area (Å²) in [5.74, 6) is -0.165. The van der Waals surface area contributed by atoms with Crippen molar-refractivity contribution in [1.82, 2.24) is 20.4 Å². The molecule has 1 aliphatic heterocycles. The van der Waals surface area contributed by atoms with E-state index in [1.165, 1.54) is 4.90 Å². The van der Waals surface area contributed by atoms with Crippen LogP contribution in [0.5, 0.6) is 0 Å². The summed E-state index contributed by atoms with van der Waals surface area (Å²) in [6, 6.07) is 8.19. The van der Waals surface area contributed by atoms with E-state index in [-0.39, 0.29) is 18.0 Å². The second kappa shape index (κ2) is 9.39. The molecule has 2 rings (SSSR count). The monoisotopic (exact) mass is 348 g/mol. The Bertz CT molecular complexity index is 559. The molecule has 2 atom stereocenters. The van der Waals surface area contributed by atoms with Gasteiger partial charge in [0.25, 0.3) is 0 Å². The minimum absolute atomic E-state index is 0.0241. The number of nitrogens with one attached hydrogen (secondary N) is 2. The van der Waals surface area contributed by atoms with E-state index in [0.29, 0.717) is 0 Å². The highest BCUT2D eigenvalue weighted by Gasteiger charge is 2.25. The number of urea groups is 1. The summed E-state index contributed by atoms with van der Waals surface area (Å²) in [5.41, 5.74) is 0.761. The number of ether oxygens (including phenoxy) is 1. The largest absolute Gasteiger partial charge is 0.379 e. The fraction of sp³-hybridized carbons (Fsp3) is 0.556. The Kier molecular flexibility index (Phi) is 7.21. The second-order valence-electron chi connectivity index (χ2n) is 6.51. The first-order chi connectivity index (χ1) is 12.0. The van der Waals surface area contributed by atoms with E-state index >= 15 is 0 Å². The molecule has 1 heterocycles. The molecule has 0 saturated carbocycles. The van der Waals surface area contributed by atoms with Crippen LogP contribution in [0.2, 0.25) is 0 Å². The number of benzene rings is 1. The van der Waals surface area contributed by atoms with Gasteiger partial charge < -0.3 is 20.3 Å². The minimum Gasteiger partial charge on any atom is -0.379 e. The maximum atomic E-state index is 12.4. The fourth-order valence-corrected chi connectivity index (χ4v) is 2.80. The minimum atomic E-state index is -0.702. The normalized spacial score (nSPS) is 17.4. The van der Waals surface area contributed by atoms with Crippen LogP contribution in [0.3, 0.4) is 0 Å². The Balaban J connectivity index is 1.93. The lowest BCUT2D eigenvalue weighted by atomic mass is 10.1. The number of rotatable bonds is 6. The van der Waals surface area contributed by atoms with E-state index in [0.717, 1.165) is 38.4 Å². The van der Waals surface area contributed by atoms with Gasteiger partial charge in [-0.05, 0) is 12.5 Å². The number of amides is 3. The van der Waals surface area contributed by atoms with E-state index in [2.05, 4.69) is 15.5 Å². The van der Waals surface area contributed by atoms with Gasteiger partial charge in [0.15, 0.2) is 0 Å². The third-order valence-corrected chi connectivity index (χ3v) is 4.11. The van der Waals surface area contributed by atoms with Crippen LogP contribution in [0.1, 0.15) is 18.5 Å². The van der Waals surface area contributed by atoms with Gasteiger partial charge >= 0.3 is 6.03 Å². The predicted molar refractivity (Wildman–Crippen MR) is 96.3 cm³/mol. The fourth-order valence-electron chi connectivity index (χ4n) is 2.80. The van der Waals surface area contributed by atoms with Gasteiger partial charge in [0.2, 0.25) is 5.91 Å². The third kappa shape index (κ3) is 6.03. The molecule has 1 fully saturated rings. The van der Waals surface area contributed by atoms with Gasteiger partial charge in [-0.1, -0.05) is 30.3 Å². The first-order valence-electron chi connectivity index (χ1n) is 8.60. The maximum Gasteiger partial charge on any atom is 0.315 e. The molecule has 0 spiro atoms. The van der Waals surface area contributed by atoms with Crippen LogP contribution >= 0.6 is 0 Å². The van der Waals surface area contributed by atoms with Crippen LogP contribution < -0.4 is 10.6 Å². The highest BCUT2D eigenvalue weighted by molar-refractivity contribution is 5.88. The Morgan fingerprint density at radius 2 is 1.80 bits per heavy atom. The molecule has 0 bridgehead atoms. The molecule has 0 unspecified atom stereocenters. The summed E-state index contributed by atoms with van der Waals surface area (Å²) in [5, 5.41) is 5.72. The van der Waals surface area contributed by atoms with Crippen LogP contribution in [-0.4, -0.2) is 74.7 Å². The number of nitrogens with zero attached hydrogens (tertiary/aromatic N) is 2. The van der Waals surface area contributed by atoms with Gasteiger partial charge in [-0.25, -0.2) is 4.79 Å². The summed E-state index contributed by atoms with van der Waals surface area (Å²) in [4.78, 5) is 28.6. The lowest BCUT2D eigenvalue weighted by Crippen LogP contribution is -2.50. The molecule has 7 heteroatoms. The van der Waals surface area contributed by atoms with Gasteiger partial charge in [0.05, 0.1) is 13.2 Å². The van der Waals surface area contributed by atoms with Crippen LogP contribution in [-0.2, 0) is 9.53 Å².